The van der Waals surface area contributed by atoms with Gasteiger partial charge in [-0.2, -0.15) is 0 Å². The molecule has 1 N–H and O–H groups in total. The first-order valence-corrected chi connectivity index (χ1v) is 7.95. The summed E-state index contributed by atoms with van der Waals surface area (Å²) in [5, 5.41) is 0.229. The second-order valence-electron chi connectivity index (χ2n) is 4.36. The third kappa shape index (κ3) is 3.55. The normalized spacial score (nSPS) is 11.6. The zero-order chi connectivity index (χ0) is 15.6. The quantitative estimate of drug-likeness (QED) is 0.910. The van der Waals surface area contributed by atoms with Gasteiger partial charge in [0.25, 0.3) is 0 Å². The molecule has 1 heterocycles. The van der Waals surface area contributed by atoms with E-state index in [1.807, 2.05) is 0 Å². The third-order valence-corrected chi connectivity index (χ3v) is 4.55. The molecule has 1 aromatic heterocycles. The largest absolute Gasteiger partial charge is 0.495 e. The van der Waals surface area contributed by atoms with E-state index in [2.05, 4.69) is 9.71 Å². The number of methoxy groups -OCH3 is 1. The van der Waals surface area contributed by atoms with Crippen LogP contribution < -0.4 is 9.46 Å². The topological polar surface area (TPSA) is 81.4 Å². The first-order chi connectivity index (χ1) is 9.83. The number of benzene rings is 1. The summed E-state index contributed by atoms with van der Waals surface area (Å²) in [7, 11) is -2.23. The van der Waals surface area contributed by atoms with E-state index in [0.717, 1.165) is 0 Å². The van der Waals surface area contributed by atoms with Gasteiger partial charge in [0.05, 0.1) is 29.3 Å². The Bertz CT molecular complexity index is 756. The highest BCUT2D eigenvalue weighted by Crippen LogP contribution is 2.26. The Balaban J connectivity index is 2.18. The smallest absolute Gasteiger partial charge is 0.241 e. The summed E-state index contributed by atoms with van der Waals surface area (Å²) >= 11 is 5.94. The fraction of sp³-hybridized carbons (Fsp3) is 0.308. The number of nitrogens with zero attached hydrogens (tertiary/aromatic N) is 1. The van der Waals surface area contributed by atoms with Crippen molar-refractivity contribution in [3.05, 3.63) is 40.6 Å². The van der Waals surface area contributed by atoms with Crippen molar-refractivity contribution in [3.63, 3.8) is 0 Å². The SMILES string of the molecule is COc1ccc(S(=O)(=O)NCc2oc(C)nc2C)cc1Cl. The number of sulfonamides is 1. The van der Waals surface area contributed by atoms with Crippen LogP contribution in [0.4, 0.5) is 0 Å². The van der Waals surface area contributed by atoms with Crippen molar-refractivity contribution < 1.29 is 17.6 Å². The molecule has 0 radical (unpaired) electrons. The number of ether oxygens (including phenoxy) is 1. The van der Waals surface area contributed by atoms with Gasteiger partial charge in [-0.25, -0.2) is 18.1 Å². The van der Waals surface area contributed by atoms with Crippen LogP contribution in [0.1, 0.15) is 17.3 Å². The summed E-state index contributed by atoms with van der Waals surface area (Å²) in [5.74, 6) is 1.39. The van der Waals surface area contributed by atoms with E-state index in [-0.39, 0.29) is 16.5 Å². The van der Waals surface area contributed by atoms with Gasteiger partial charge < -0.3 is 9.15 Å². The van der Waals surface area contributed by atoms with Gasteiger partial charge in [-0.3, -0.25) is 0 Å². The average molecular weight is 331 g/mol. The van der Waals surface area contributed by atoms with Gasteiger partial charge in [0.15, 0.2) is 5.89 Å². The Morgan fingerprint density at radius 3 is 2.62 bits per heavy atom. The molecule has 2 rings (SSSR count). The molecule has 2 aromatic rings. The molecule has 21 heavy (non-hydrogen) atoms. The van der Waals surface area contributed by atoms with Crippen LogP contribution in [0, 0.1) is 13.8 Å². The van der Waals surface area contributed by atoms with Crippen molar-refractivity contribution in [1.29, 1.82) is 0 Å². The van der Waals surface area contributed by atoms with Crippen LogP contribution in [-0.4, -0.2) is 20.5 Å². The number of aromatic nitrogens is 1. The van der Waals surface area contributed by atoms with Crippen LogP contribution in [0.15, 0.2) is 27.5 Å². The molecule has 0 bridgehead atoms. The molecule has 0 unspecified atom stereocenters. The Hall–Kier alpha value is -1.57. The Labute approximate surface area is 128 Å². The molecular formula is C13H15ClN2O4S. The van der Waals surface area contributed by atoms with Crippen LogP contribution in [0.5, 0.6) is 5.75 Å². The highest BCUT2D eigenvalue weighted by atomic mass is 35.5. The van der Waals surface area contributed by atoms with Gasteiger partial charge in [0, 0.05) is 6.92 Å². The molecule has 0 amide bonds. The van der Waals surface area contributed by atoms with E-state index in [0.29, 0.717) is 23.1 Å². The molecule has 8 heteroatoms. The molecule has 0 aliphatic rings. The second kappa shape index (κ2) is 6.05. The zero-order valence-electron chi connectivity index (χ0n) is 11.8. The molecule has 6 nitrogen and oxygen atoms in total. The van der Waals surface area contributed by atoms with Crippen LogP contribution in [-0.2, 0) is 16.6 Å². The standard InChI is InChI=1S/C13H15ClN2O4S/c1-8-13(20-9(2)16-8)7-15-21(17,18)10-4-5-12(19-3)11(14)6-10/h4-6,15H,7H2,1-3H3. The predicted octanol–water partition coefficient (Wildman–Crippen LogP) is 2.43. The number of halogens is 1. The zero-order valence-corrected chi connectivity index (χ0v) is 13.4. The van der Waals surface area contributed by atoms with Crippen molar-refractivity contribution >= 4 is 21.6 Å². The summed E-state index contributed by atoms with van der Waals surface area (Å²) in [6, 6.07) is 4.26. The lowest BCUT2D eigenvalue weighted by molar-refractivity contribution is 0.414. The van der Waals surface area contributed by atoms with E-state index in [4.69, 9.17) is 20.8 Å². The van der Waals surface area contributed by atoms with Gasteiger partial charge in [0.2, 0.25) is 10.0 Å². The van der Waals surface area contributed by atoms with Gasteiger partial charge in [-0.05, 0) is 25.1 Å². The number of aryl methyl sites for hydroxylation is 2. The van der Waals surface area contributed by atoms with E-state index in [9.17, 15) is 8.42 Å². The van der Waals surface area contributed by atoms with Crippen LogP contribution in [0.3, 0.4) is 0 Å². The summed E-state index contributed by atoms with van der Waals surface area (Å²) < 4.78 is 37.2. The Morgan fingerprint density at radius 1 is 1.38 bits per heavy atom. The van der Waals surface area contributed by atoms with Gasteiger partial charge in [-0.15, -0.1) is 0 Å². The minimum atomic E-state index is -3.69. The molecule has 0 atom stereocenters. The molecule has 0 aliphatic carbocycles. The van der Waals surface area contributed by atoms with Crippen molar-refractivity contribution in [2.45, 2.75) is 25.3 Å². The maximum Gasteiger partial charge on any atom is 0.241 e. The van der Waals surface area contributed by atoms with E-state index in [1.165, 1.54) is 25.3 Å². The van der Waals surface area contributed by atoms with Crippen LogP contribution in [0.2, 0.25) is 5.02 Å². The molecule has 114 valence electrons. The Kier molecular flexibility index (Phi) is 4.55. The number of rotatable bonds is 5. The minimum Gasteiger partial charge on any atom is -0.495 e. The van der Waals surface area contributed by atoms with E-state index < -0.39 is 10.0 Å². The minimum absolute atomic E-state index is 0.0264. The van der Waals surface area contributed by atoms with Crippen LogP contribution >= 0.6 is 11.6 Å². The summed E-state index contributed by atoms with van der Waals surface area (Å²) in [5.41, 5.74) is 0.656. The van der Waals surface area contributed by atoms with E-state index >= 15 is 0 Å². The fourth-order valence-electron chi connectivity index (χ4n) is 1.80. The van der Waals surface area contributed by atoms with Crippen molar-refractivity contribution in [2.75, 3.05) is 7.11 Å². The molecule has 0 aliphatic heterocycles. The summed E-state index contributed by atoms with van der Waals surface area (Å²) in [4.78, 5) is 4.14. The Morgan fingerprint density at radius 2 is 2.10 bits per heavy atom. The van der Waals surface area contributed by atoms with E-state index in [1.54, 1.807) is 13.8 Å². The highest BCUT2D eigenvalue weighted by Gasteiger charge is 2.17. The summed E-state index contributed by atoms with van der Waals surface area (Å²) in [6.45, 7) is 3.48. The van der Waals surface area contributed by atoms with Crippen molar-refractivity contribution in [2.24, 2.45) is 0 Å². The van der Waals surface area contributed by atoms with Crippen molar-refractivity contribution in [3.8, 4) is 5.75 Å². The van der Waals surface area contributed by atoms with Gasteiger partial charge in [-0.1, -0.05) is 11.6 Å². The third-order valence-electron chi connectivity index (χ3n) is 2.86. The number of hydrogen-bond acceptors (Lipinski definition) is 5. The maximum atomic E-state index is 12.2. The molecule has 0 saturated heterocycles. The molecule has 0 fully saturated rings. The maximum absolute atomic E-state index is 12.2. The lowest BCUT2D eigenvalue weighted by atomic mass is 10.3. The summed E-state index contributed by atoms with van der Waals surface area (Å²) in [6.07, 6.45) is 0. The lowest BCUT2D eigenvalue weighted by Gasteiger charge is -2.08. The highest BCUT2D eigenvalue weighted by molar-refractivity contribution is 7.89. The molecule has 1 aromatic carbocycles. The molecule has 0 saturated carbocycles. The number of hydrogen-bond donors (Lipinski definition) is 1. The predicted molar refractivity (Wildman–Crippen MR) is 78.0 cm³/mol. The second-order valence-corrected chi connectivity index (χ2v) is 6.54. The average Bonchev–Trinajstić information content (AvgIpc) is 2.74. The lowest BCUT2D eigenvalue weighted by Crippen LogP contribution is -2.23. The first-order valence-electron chi connectivity index (χ1n) is 6.09. The first kappa shape index (κ1) is 15.8. The molecule has 0 spiro atoms. The fourth-order valence-corrected chi connectivity index (χ4v) is 3.13. The van der Waals surface area contributed by atoms with Gasteiger partial charge >= 0.3 is 0 Å². The van der Waals surface area contributed by atoms with Gasteiger partial charge in [0.1, 0.15) is 11.5 Å². The van der Waals surface area contributed by atoms with Crippen molar-refractivity contribution in [1.82, 2.24) is 9.71 Å². The van der Waals surface area contributed by atoms with Crippen LogP contribution in [0.25, 0.3) is 0 Å². The number of oxazole rings is 1. The monoisotopic (exact) mass is 330 g/mol. The number of nitrogens with one attached hydrogen (secondary N) is 1. The molecular weight excluding hydrogens is 316 g/mol.